The lowest BCUT2D eigenvalue weighted by molar-refractivity contribution is 0.0951. The summed E-state index contributed by atoms with van der Waals surface area (Å²) in [4.78, 5) is 21.2. The summed E-state index contributed by atoms with van der Waals surface area (Å²) < 4.78 is 11.4. The third kappa shape index (κ3) is 4.90. The van der Waals surface area contributed by atoms with Gasteiger partial charge >= 0.3 is 0 Å². The maximum atomic E-state index is 12.6. The predicted molar refractivity (Wildman–Crippen MR) is 140 cm³/mol. The van der Waals surface area contributed by atoms with Gasteiger partial charge in [0.25, 0.3) is 5.91 Å². The molecule has 0 aliphatic heterocycles. The van der Waals surface area contributed by atoms with Crippen LogP contribution in [0.25, 0.3) is 34.0 Å². The molecule has 0 aliphatic rings. The molecule has 0 saturated carbocycles. The lowest BCUT2D eigenvalue weighted by Crippen LogP contribution is -2.34. The molecule has 0 bridgehead atoms. The highest BCUT2D eigenvalue weighted by Crippen LogP contribution is 2.31. The number of pyridine rings is 1. The highest BCUT2D eigenvalue weighted by molar-refractivity contribution is 7.80. The number of hydrogen-bond acceptors (Lipinski definition) is 6. The van der Waals surface area contributed by atoms with Crippen molar-refractivity contribution >= 4 is 63.4 Å². The number of nitrogens with zero attached hydrogens (tertiary/aromatic N) is 2. The Balaban J connectivity index is 1.26. The molecule has 0 atom stereocenters. The first-order chi connectivity index (χ1) is 16.9. The second-order valence-electron chi connectivity index (χ2n) is 7.57. The van der Waals surface area contributed by atoms with E-state index in [0.717, 1.165) is 16.8 Å². The van der Waals surface area contributed by atoms with E-state index in [9.17, 15) is 4.79 Å². The molecule has 3 heterocycles. The van der Waals surface area contributed by atoms with E-state index < -0.39 is 5.91 Å². The standard InChI is InChI=1S/C25H16Cl2N4O3S/c1-13-11-14(24-30-22-20(34-24)3-2-10-28-22)4-7-18(13)29-25(35)31-23(32)21-9-8-19(33-21)16-6-5-15(26)12-17(16)27/h2-12H,1H3,(H2,29,31,32,35). The number of halogens is 2. The van der Waals surface area contributed by atoms with Gasteiger partial charge in [0.15, 0.2) is 22.1 Å². The van der Waals surface area contributed by atoms with Gasteiger partial charge in [-0.15, -0.1) is 0 Å². The molecule has 7 nitrogen and oxygen atoms in total. The number of rotatable bonds is 4. The average Bonchev–Trinajstić information content (AvgIpc) is 3.48. The van der Waals surface area contributed by atoms with E-state index in [2.05, 4.69) is 20.6 Å². The smallest absolute Gasteiger partial charge is 0.293 e. The quantitative estimate of drug-likeness (QED) is 0.248. The van der Waals surface area contributed by atoms with Crippen LogP contribution in [0.15, 0.2) is 75.7 Å². The average molecular weight is 523 g/mol. The largest absolute Gasteiger partial charge is 0.451 e. The third-order valence-corrected chi connectivity index (χ3v) is 5.89. The number of nitrogens with one attached hydrogen (secondary N) is 2. The summed E-state index contributed by atoms with van der Waals surface area (Å²) >= 11 is 17.5. The summed E-state index contributed by atoms with van der Waals surface area (Å²) in [5.41, 5.74) is 4.19. The number of amides is 1. The summed E-state index contributed by atoms with van der Waals surface area (Å²) in [5.74, 6) is 0.508. The molecule has 5 rings (SSSR count). The minimum Gasteiger partial charge on any atom is -0.451 e. The van der Waals surface area contributed by atoms with E-state index in [1.54, 1.807) is 42.6 Å². The number of thiocarbonyl (C=S) groups is 1. The summed E-state index contributed by atoms with van der Waals surface area (Å²) in [6.45, 7) is 1.91. The van der Waals surface area contributed by atoms with Gasteiger partial charge in [0, 0.05) is 28.0 Å². The highest BCUT2D eigenvalue weighted by Gasteiger charge is 2.16. The van der Waals surface area contributed by atoms with Gasteiger partial charge in [-0.1, -0.05) is 23.2 Å². The Bertz CT molecular complexity index is 1560. The van der Waals surface area contributed by atoms with Crippen molar-refractivity contribution in [2.24, 2.45) is 0 Å². The number of carbonyl (C=O) groups is 1. The van der Waals surface area contributed by atoms with Crippen molar-refractivity contribution in [3.05, 3.63) is 88.2 Å². The highest BCUT2D eigenvalue weighted by atomic mass is 35.5. The second-order valence-corrected chi connectivity index (χ2v) is 8.82. The number of benzene rings is 2. The van der Waals surface area contributed by atoms with Crippen LogP contribution in [-0.4, -0.2) is 21.0 Å². The molecule has 0 spiro atoms. The van der Waals surface area contributed by atoms with Crippen LogP contribution in [0.2, 0.25) is 10.0 Å². The molecule has 3 aromatic heterocycles. The van der Waals surface area contributed by atoms with Crippen LogP contribution in [0, 0.1) is 6.92 Å². The summed E-state index contributed by atoms with van der Waals surface area (Å²) in [5, 5.41) is 6.70. The fraction of sp³-hybridized carbons (Fsp3) is 0.0400. The zero-order chi connectivity index (χ0) is 24.5. The van der Waals surface area contributed by atoms with Crippen LogP contribution in [0.3, 0.4) is 0 Å². The van der Waals surface area contributed by atoms with Crippen LogP contribution in [0.4, 0.5) is 5.69 Å². The number of anilines is 1. The van der Waals surface area contributed by atoms with E-state index in [-0.39, 0.29) is 10.9 Å². The molecule has 2 N–H and O–H groups in total. The molecule has 35 heavy (non-hydrogen) atoms. The number of aryl methyl sites for hydroxylation is 1. The van der Waals surface area contributed by atoms with E-state index in [0.29, 0.717) is 38.5 Å². The Morgan fingerprint density at radius 2 is 1.89 bits per heavy atom. The fourth-order valence-corrected chi connectivity index (χ4v) is 4.15. The molecular weight excluding hydrogens is 507 g/mol. The minimum atomic E-state index is -0.493. The molecule has 5 aromatic rings. The topological polar surface area (TPSA) is 93.2 Å². The third-order valence-electron chi connectivity index (χ3n) is 5.14. The summed E-state index contributed by atoms with van der Waals surface area (Å²) in [6.07, 6.45) is 1.67. The molecule has 0 fully saturated rings. The Labute approximate surface area is 215 Å². The number of oxazole rings is 1. The normalized spacial score (nSPS) is 10.9. The molecule has 1 amide bonds. The maximum absolute atomic E-state index is 12.6. The first-order valence-electron chi connectivity index (χ1n) is 10.4. The van der Waals surface area contributed by atoms with Gasteiger partial charge in [-0.25, -0.2) is 4.98 Å². The van der Waals surface area contributed by atoms with Crippen LogP contribution in [0.1, 0.15) is 16.1 Å². The fourth-order valence-electron chi connectivity index (χ4n) is 3.44. The Morgan fingerprint density at radius 1 is 1.03 bits per heavy atom. The maximum Gasteiger partial charge on any atom is 0.293 e. The monoisotopic (exact) mass is 522 g/mol. The molecule has 174 valence electrons. The first kappa shape index (κ1) is 23.0. The Morgan fingerprint density at radius 3 is 2.66 bits per heavy atom. The van der Waals surface area contributed by atoms with Gasteiger partial charge in [0.05, 0.1) is 5.02 Å². The number of carbonyl (C=O) groups excluding carboxylic acids is 1. The molecule has 2 aromatic carbocycles. The lowest BCUT2D eigenvalue weighted by Gasteiger charge is -2.11. The van der Waals surface area contributed by atoms with E-state index in [1.807, 2.05) is 31.2 Å². The van der Waals surface area contributed by atoms with Crippen LogP contribution in [0.5, 0.6) is 0 Å². The van der Waals surface area contributed by atoms with Crippen molar-refractivity contribution < 1.29 is 13.6 Å². The van der Waals surface area contributed by atoms with Crippen LogP contribution >= 0.6 is 35.4 Å². The number of aromatic nitrogens is 2. The first-order valence-corrected chi connectivity index (χ1v) is 11.5. The van der Waals surface area contributed by atoms with Crippen molar-refractivity contribution in [2.75, 3.05) is 5.32 Å². The SMILES string of the molecule is Cc1cc(-c2nc3ncccc3o2)ccc1NC(=S)NC(=O)c1ccc(-c2ccc(Cl)cc2Cl)o1. The van der Waals surface area contributed by atoms with Gasteiger partial charge in [-0.3, -0.25) is 10.1 Å². The zero-order valence-corrected chi connectivity index (χ0v) is 20.5. The molecule has 0 radical (unpaired) electrons. The Kier molecular flexibility index (Phi) is 6.25. The van der Waals surface area contributed by atoms with Crippen LogP contribution in [-0.2, 0) is 0 Å². The van der Waals surface area contributed by atoms with Crippen molar-refractivity contribution in [1.82, 2.24) is 15.3 Å². The van der Waals surface area contributed by atoms with Crippen molar-refractivity contribution in [2.45, 2.75) is 6.92 Å². The lowest BCUT2D eigenvalue weighted by atomic mass is 10.1. The number of furan rings is 1. The van der Waals surface area contributed by atoms with Crippen molar-refractivity contribution in [3.8, 4) is 22.8 Å². The van der Waals surface area contributed by atoms with E-state index >= 15 is 0 Å². The Hall–Kier alpha value is -3.72. The molecular formula is C25H16Cl2N4O3S. The van der Waals surface area contributed by atoms with Crippen molar-refractivity contribution in [1.29, 1.82) is 0 Å². The van der Waals surface area contributed by atoms with Gasteiger partial charge in [-0.2, -0.15) is 4.98 Å². The van der Waals surface area contributed by atoms with Gasteiger partial charge in [0.2, 0.25) is 5.89 Å². The zero-order valence-electron chi connectivity index (χ0n) is 18.1. The van der Waals surface area contributed by atoms with Gasteiger partial charge in [-0.05, 0) is 85.4 Å². The van der Waals surface area contributed by atoms with E-state index in [4.69, 9.17) is 44.3 Å². The number of hydrogen-bond donors (Lipinski definition) is 2. The van der Waals surface area contributed by atoms with Gasteiger partial charge in [0.1, 0.15) is 5.76 Å². The second kappa shape index (κ2) is 9.50. The number of fused-ring (bicyclic) bond motifs is 1. The van der Waals surface area contributed by atoms with E-state index in [1.165, 1.54) is 0 Å². The van der Waals surface area contributed by atoms with Crippen LogP contribution < -0.4 is 10.6 Å². The molecule has 10 heteroatoms. The molecule has 0 aliphatic carbocycles. The predicted octanol–water partition coefficient (Wildman–Crippen LogP) is 6.89. The summed E-state index contributed by atoms with van der Waals surface area (Å²) in [6, 6.07) is 17.4. The minimum absolute atomic E-state index is 0.0896. The van der Waals surface area contributed by atoms with Gasteiger partial charge < -0.3 is 14.2 Å². The van der Waals surface area contributed by atoms with Crippen molar-refractivity contribution in [3.63, 3.8) is 0 Å². The molecule has 0 saturated heterocycles. The molecule has 0 unspecified atom stereocenters. The summed E-state index contributed by atoms with van der Waals surface area (Å²) in [7, 11) is 0.